The molecule has 1 heteroatoms. The minimum absolute atomic E-state index is 0.0475. The second kappa shape index (κ2) is 13.0. The highest BCUT2D eigenvalue weighted by Gasteiger charge is 2.36. The van der Waals surface area contributed by atoms with Gasteiger partial charge in [-0.05, 0) is 121 Å². The number of hydrogen-bond acceptors (Lipinski definition) is 1. The van der Waals surface area contributed by atoms with Crippen LogP contribution >= 0.6 is 0 Å². The van der Waals surface area contributed by atoms with Crippen LogP contribution in [0.3, 0.4) is 0 Å². The number of benzene rings is 6. The Balaban J connectivity index is 1.08. The standard InChI is InChI=1S/C55H47N/c1-36-13-7-6-8-15-42-34-44(28-31-50(42)54(36,2)3)56(45-29-32-52-49(35-45)48-17-11-12-18-51(48)55(52,4)5)43-26-23-37(24-27-43)40-25-30-47-41(33-40)22-21-39-20-19-38-14-9-10-16-46(38)53(39)47/h6-14,16-35,38,46H,1,15H2,2-5H3/b8-6-,13-7-. The molecule has 0 aliphatic heterocycles. The van der Waals surface area contributed by atoms with Crippen molar-refractivity contribution in [3.63, 3.8) is 0 Å². The van der Waals surface area contributed by atoms with Gasteiger partial charge in [0.15, 0.2) is 0 Å². The lowest BCUT2D eigenvalue weighted by molar-refractivity contribution is 0.635. The summed E-state index contributed by atoms with van der Waals surface area (Å²) in [5, 5.41) is 2.64. The predicted octanol–water partition coefficient (Wildman–Crippen LogP) is 14.6. The summed E-state index contributed by atoms with van der Waals surface area (Å²) in [6.45, 7) is 13.8. The number of fused-ring (bicyclic) bond motifs is 9. The number of anilines is 3. The van der Waals surface area contributed by atoms with Gasteiger partial charge in [-0.3, -0.25) is 0 Å². The first-order chi connectivity index (χ1) is 27.2. The van der Waals surface area contributed by atoms with Crippen molar-refractivity contribution in [2.45, 2.75) is 50.9 Å². The molecular weight excluding hydrogens is 675 g/mol. The first-order valence-corrected chi connectivity index (χ1v) is 20.1. The van der Waals surface area contributed by atoms with E-state index in [9.17, 15) is 0 Å². The van der Waals surface area contributed by atoms with Crippen LogP contribution in [0.4, 0.5) is 17.1 Å². The molecule has 0 saturated carbocycles. The Morgan fingerprint density at radius 1 is 0.571 bits per heavy atom. The number of allylic oxidation sites excluding steroid dienone is 10. The summed E-state index contributed by atoms with van der Waals surface area (Å²) < 4.78 is 0. The smallest absolute Gasteiger partial charge is 0.0468 e. The Kier molecular flexibility index (Phi) is 7.94. The Morgan fingerprint density at radius 2 is 1.30 bits per heavy atom. The van der Waals surface area contributed by atoms with E-state index >= 15 is 0 Å². The van der Waals surface area contributed by atoms with E-state index in [1.54, 1.807) is 0 Å². The van der Waals surface area contributed by atoms with Gasteiger partial charge in [-0.2, -0.15) is 0 Å². The molecule has 0 amide bonds. The lowest BCUT2D eigenvalue weighted by Crippen LogP contribution is -2.21. The highest BCUT2D eigenvalue weighted by atomic mass is 15.1. The Bertz CT molecular complexity index is 2740. The fourth-order valence-electron chi connectivity index (χ4n) is 9.80. The van der Waals surface area contributed by atoms with E-state index in [1.165, 1.54) is 66.4 Å². The van der Waals surface area contributed by atoms with Gasteiger partial charge in [0.25, 0.3) is 0 Å². The molecule has 2 unspecified atom stereocenters. The van der Waals surface area contributed by atoms with E-state index in [0.717, 1.165) is 29.1 Å². The normalized spacial score (nSPS) is 20.5. The zero-order valence-corrected chi connectivity index (χ0v) is 32.8. The van der Waals surface area contributed by atoms with Crippen LogP contribution in [-0.4, -0.2) is 0 Å². The Labute approximate surface area is 332 Å². The fraction of sp³-hybridized carbons (Fsp3) is 0.164. The quantitative estimate of drug-likeness (QED) is 0.175. The molecule has 4 aliphatic rings. The molecule has 2 atom stereocenters. The lowest BCUT2D eigenvalue weighted by atomic mass is 9.75. The van der Waals surface area contributed by atoms with Crippen molar-refractivity contribution >= 4 is 33.9 Å². The van der Waals surface area contributed by atoms with Crippen LogP contribution in [0.15, 0.2) is 182 Å². The molecule has 10 rings (SSSR count). The average molecular weight is 722 g/mol. The fourth-order valence-corrected chi connectivity index (χ4v) is 9.80. The summed E-state index contributed by atoms with van der Waals surface area (Å²) in [4.78, 5) is 2.44. The second-order valence-corrected chi connectivity index (χ2v) is 17.0. The van der Waals surface area contributed by atoms with E-state index in [1.807, 2.05) is 0 Å². The Morgan fingerprint density at radius 3 is 2.16 bits per heavy atom. The topological polar surface area (TPSA) is 3.24 Å². The minimum atomic E-state index is -0.187. The van der Waals surface area contributed by atoms with E-state index < -0.39 is 0 Å². The van der Waals surface area contributed by atoms with Crippen LogP contribution in [0.25, 0.3) is 39.1 Å². The number of rotatable bonds is 4. The van der Waals surface area contributed by atoms with Gasteiger partial charge in [0.1, 0.15) is 0 Å². The maximum Gasteiger partial charge on any atom is 0.0468 e. The zero-order chi connectivity index (χ0) is 38.2. The van der Waals surface area contributed by atoms with Crippen molar-refractivity contribution in [3.05, 3.63) is 215 Å². The monoisotopic (exact) mass is 721 g/mol. The molecular formula is C55H47N. The molecule has 56 heavy (non-hydrogen) atoms. The molecule has 272 valence electrons. The van der Waals surface area contributed by atoms with Gasteiger partial charge in [0.2, 0.25) is 0 Å². The van der Waals surface area contributed by atoms with E-state index in [4.69, 9.17) is 0 Å². The summed E-state index contributed by atoms with van der Waals surface area (Å²) in [6.07, 6.45) is 23.3. The van der Waals surface area contributed by atoms with Gasteiger partial charge < -0.3 is 4.90 Å². The summed E-state index contributed by atoms with van der Waals surface area (Å²) in [5.41, 5.74) is 17.6. The van der Waals surface area contributed by atoms with Gasteiger partial charge >= 0.3 is 0 Å². The highest BCUT2D eigenvalue weighted by Crippen LogP contribution is 2.51. The first kappa shape index (κ1) is 34.3. The molecule has 6 aromatic carbocycles. The van der Waals surface area contributed by atoms with Gasteiger partial charge in [-0.1, -0.05) is 168 Å². The van der Waals surface area contributed by atoms with Gasteiger partial charge in [0.05, 0.1) is 0 Å². The third-order valence-corrected chi connectivity index (χ3v) is 13.1. The van der Waals surface area contributed by atoms with Gasteiger partial charge in [-0.25, -0.2) is 0 Å². The number of nitrogens with zero attached hydrogens (tertiary/aromatic N) is 1. The van der Waals surface area contributed by atoms with E-state index in [-0.39, 0.29) is 10.8 Å². The van der Waals surface area contributed by atoms with E-state index in [2.05, 4.69) is 215 Å². The van der Waals surface area contributed by atoms with Crippen molar-refractivity contribution in [3.8, 4) is 22.3 Å². The maximum absolute atomic E-state index is 4.47. The predicted molar refractivity (Wildman–Crippen MR) is 239 cm³/mol. The highest BCUT2D eigenvalue weighted by molar-refractivity contribution is 5.94. The van der Waals surface area contributed by atoms with Gasteiger partial charge in [-0.15, -0.1) is 0 Å². The average Bonchev–Trinajstić information content (AvgIpc) is 3.48. The molecule has 0 saturated heterocycles. The molecule has 0 N–H and O–H groups in total. The zero-order valence-electron chi connectivity index (χ0n) is 32.8. The largest absolute Gasteiger partial charge is 0.310 e. The second-order valence-electron chi connectivity index (χ2n) is 17.0. The van der Waals surface area contributed by atoms with Crippen molar-refractivity contribution < 1.29 is 0 Å². The molecule has 6 aromatic rings. The van der Waals surface area contributed by atoms with Crippen LogP contribution in [0.1, 0.15) is 67.0 Å². The summed E-state index contributed by atoms with van der Waals surface area (Å²) in [5.74, 6) is 0.811. The molecule has 1 nitrogen and oxygen atoms in total. The van der Waals surface area contributed by atoms with Crippen LogP contribution in [0, 0.1) is 5.92 Å². The third-order valence-electron chi connectivity index (χ3n) is 13.1. The van der Waals surface area contributed by atoms with Crippen LogP contribution in [-0.2, 0) is 17.3 Å². The molecule has 0 heterocycles. The van der Waals surface area contributed by atoms with Crippen molar-refractivity contribution in [2.24, 2.45) is 5.92 Å². The molecule has 0 spiro atoms. The lowest BCUT2D eigenvalue weighted by Gasteiger charge is -2.31. The van der Waals surface area contributed by atoms with Crippen molar-refractivity contribution in [1.29, 1.82) is 0 Å². The summed E-state index contributed by atoms with van der Waals surface area (Å²) >= 11 is 0. The van der Waals surface area contributed by atoms with Crippen LogP contribution in [0.2, 0.25) is 0 Å². The first-order valence-electron chi connectivity index (χ1n) is 20.1. The van der Waals surface area contributed by atoms with Crippen molar-refractivity contribution in [2.75, 3.05) is 4.90 Å². The summed E-state index contributed by atoms with van der Waals surface area (Å²) in [7, 11) is 0. The van der Waals surface area contributed by atoms with Gasteiger partial charge in [0, 0.05) is 39.7 Å². The molecule has 0 aromatic heterocycles. The van der Waals surface area contributed by atoms with Crippen LogP contribution < -0.4 is 4.90 Å². The van der Waals surface area contributed by atoms with Crippen molar-refractivity contribution in [1.82, 2.24) is 0 Å². The molecule has 0 bridgehead atoms. The minimum Gasteiger partial charge on any atom is -0.310 e. The van der Waals surface area contributed by atoms with Crippen LogP contribution in [0.5, 0.6) is 0 Å². The molecule has 0 fully saturated rings. The van der Waals surface area contributed by atoms with E-state index in [0.29, 0.717) is 11.8 Å². The number of hydrogen-bond donors (Lipinski definition) is 0. The SMILES string of the molecule is C=C1/C=C\C=C/Cc2cc(N(c3ccc(-c4ccc5c6c(ccc5c4)C=CC4C=CC=CC64)cc3)c3ccc4c(c3)-c3ccccc3C4(C)C)ccc2C1(C)C. The Hall–Kier alpha value is -6.18. The molecule has 4 aliphatic carbocycles. The summed E-state index contributed by atoms with van der Waals surface area (Å²) in [6, 6.07) is 43.8. The third kappa shape index (κ3) is 5.44. The maximum atomic E-state index is 4.47. The molecule has 0 radical (unpaired) electrons.